The van der Waals surface area contributed by atoms with Crippen LogP contribution in [0.15, 0.2) is 16.8 Å². The lowest BCUT2D eigenvalue weighted by Gasteiger charge is -2.33. The van der Waals surface area contributed by atoms with E-state index in [9.17, 15) is 0 Å². The van der Waals surface area contributed by atoms with Gasteiger partial charge < -0.3 is 4.90 Å². The second-order valence-corrected chi connectivity index (χ2v) is 3.95. The van der Waals surface area contributed by atoms with Gasteiger partial charge in [0.1, 0.15) is 0 Å². The summed E-state index contributed by atoms with van der Waals surface area (Å²) in [6.45, 7) is 13.3. The average Bonchev–Trinajstić information content (AvgIpc) is 2.86. The molecule has 2 rings (SSSR count). The molecule has 0 atom stereocenters. The maximum absolute atomic E-state index is 4.35. The van der Waals surface area contributed by atoms with Crippen molar-refractivity contribution in [3.8, 4) is 0 Å². The minimum atomic E-state index is 1.03. The van der Waals surface area contributed by atoms with Crippen LogP contribution in [0.5, 0.6) is 0 Å². The first-order valence-corrected chi connectivity index (χ1v) is 6.55. The molecule has 3 nitrogen and oxygen atoms in total. The van der Waals surface area contributed by atoms with Gasteiger partial charge in [0.2, 0.25) is 0 Å². The van der Waals surface area contributed by atoms with Crippen LogP contribution in [0, 0.1) is 0 Å². The first-order valence-electron chi connectivity index (χ1n) is 6.55. The quantitative estimate of drug-likeness (QED) is 0.729. The molecule has 92 valence electrons. The van der Waals surface area contributed by atoms with Crippen LogP contribution in [0.1, 0.15) is 27.2 Å². The standard InChI is InChI=1S/C11H19N3.C2H6/c1-2-13-6-8-14(9-7-13)10-11-4-3-5-12-11;1-2/h4-5H,2-3,6-10H2,1H3;1-2H3. The number of likely N-dealkylation sites (N-methyl/N-ethyl adjacent to an activating group) is 1. The Kier molecular flexibility index (Phi) is 6.34. The van der Waals surface area contributed by atoms with Gasteiger partial charge in [-0.25, -0.2) is 0 Å². The lowest BCUT2D eigenvalue weighted by atomic mass is 10.3. The molecule has 0 amide bonds. The minimum absolute atomic E-state index is 1.03. The third-order valence-electron chi connectivity index (χ3n) is 3.01. The van der Waals surface area contributed by atoms with Gasteiger partial charge in [0.25, 0.3) is 0 Å². The van der Waals surface area contributed by atoms with Crippen LogP contribution in [0.3, 0.4) is 0 Å². The summed E-state index contributed by atoms with van der Waals surface area (Å²) in [6.07, 6.45) is 5.26. The molecule has 0 radical (unpaired) electrons. The summed E-state index contributed by atoms with van der Waals surface area (Å²) in [5, 5.41) is 0. The van der Waals surface area contributed by atoms with Gasteiger partial charge in [-0.2, -0.15) is 0 Å². The molecule has 3 heteroatoms. The topological polar surface area (TPSA) is 18.8 Å². The SMILES string of the molecule is CC.CCN1CCN(CC2=CCC=N2)CC1. The van der Waals surface area contributed by atoms with E-state index in [1.807, 2.05) is 20.1 Å². The summed E-state index contributed by atoms with van der Waals surface area (Å²) in [5.41, 5.74) is 1.26. The zero-order valence-corrected chi connectivity index (χ0v) is 10.9. The Morgan fingerprint density at radius 1 is 1.12 bits per heavy atom. The Labute approximate surface area is 99.8 Å². The van der Waals surface area contributed by atoms with Crippen molar-refractivity contribution in [3.63, 3.8) is 0 Å². The predicted octanol–water partition coefficient (Wildman–Crippen LogP) is 2.01. The fraction of sp³-hybridized carbons (Fsp3) is 0.769. The summed E-state index contributed by atoms with van der Waals surface area (Å²) < 4.78 is 0. The monoisotopic (exact) mass is 223 g/mol. The van der Waals surface area contributed by atoms with Gasteiger partial charge in [-0.3, -0.25) is 9.89 Å². The molecule has 0 bridgehead atoms. The van der Waals surface area contributed by atoms with Gasteiger partial charge in [0.05, 0.1) is 5.70 Å². The molecule has 0 aromatic rings. The van der Waals surface area contributed by atoms with E-state index >= 15 is 0 Å². The van der Waals surface area contributed by atoms with Crippen LogP contribution in [0.25, 0.3) is 0 Å². The van der Waals surface area contributed by atoms with Crippen LogP contribution in [-0.2, 0) is 0 Å². The smallest absolute Gasteiger partial charge is 0.0504 e. The third-order valence-corrected chi connectivity index (χ3v) is 3.01. The lowest BCUT2D eigenvalue weighted by molar-refractivity contribution is 0.145. The van der Waals surface area contributed by atoms with Crippen LogP contribution < -0.4 is 0 Å². The van der Waals surface area contributed by atoms with Gasteiger partial charge >= 0.3 is 0 Å². The molecule has 2 aliphatic rings. The Morgan fingerprint density at radius 2 is 1.75 bits per heavy atom. The highest BCUT2D eigenvalue weighted by atomic mass is 15.3. The second kappa shape index (κ2) is 7.58. The summed E-state index contributed by atoms with van der Waals surface area (Å²) in [7, 11) is 0. The van der Waals surface area contributed by atoms with Gasteiger partial charge in [0.15, 0.2) is 0 Å². The fourth-order valence-electron chi connectivity index (χ4n) is 2.01. The maximum Gasteiger partial charge on any atom is 0.0504 e. The van der Waals surface area contributed by atoms with Crippen LogP contribution in [0.4, 0.5) is 0 Å². The van der Waals surface area contributed by atoms with Crippen LogP contribution >= 0.6 is 0 Å². The average molecular weight is 223 g/mol. The largest absolute Gasteiger partial charge is 0.301 e. The molecule has 0 aromatic heterocycles. The number of nitrogens with zero attached hydrogens (tertiary/aromatic N) is 3. The van der Waals surface area contributed by atoms with E-state index in [4.69, 9.17) is 0 Å². The van der Waals surface area contributed by atoms with E-state index in [2.05, 4.69) is 27.8 Å². The first kappa shape index (κ1) is 13.4. The Balaban J connectivity index is 0.000000606. The summed E-state index contributed by atoms with van der Waals surface area (Å²) >= 11 is 0. The molecule has 0 N–H and O–H groups in total. The van der Waals surface area contributed by atoms with E-state index in [1.54, 1.807) is 0 Å². The molecule has 0 unspecified atom stereocenters. The molecule has 1 fully saturated rings. The van der Waals surface area contributed by atoms with Gasteiger partial charge in [-0.15, -0.1) is 0 Å². The number of rotatable bonds is 3. The molecule has 0 saturated carbocycles. The van der Waals surface area contributed by atoms with Gasteiger partial charge in [-0.1, -0.05) is 26.8 Å². The summed E-state index contributed by atoms with van der Waals surface area (Å²) in [6, 6.07) is 0. The van der Waals surface area contributed by atoms with Crippen LogP contribution in [-0.4, -0.2) is 55.3 Å². The Bertz CT molecular complexity index is 238. The maximum atomic E-state index is 4.35. The highest BCUT2D eigenvalue weighted by Crippen LogP contribution is 2.09. The predicted molar refractivity (Wildman–Crippen MR) is 71.1 cm³/mol. The van der Waals surface area contributed by atoms with Crippen molar-refractivity contribution in [2.45, 2.75) is 27.2 Å². The second-order valence-electron chi connectivity index (χ2n) is 3.95. The molecular formula is C13H25N3. The van der Waals surface area contributed by atoms with Crippen molar-refractivity contribution in [1.29, 1.82) is 0 Å². The van der Waals surface area contributed by atoms with Crippen LogP contribution in [0.2, 0.25) is 0 Å². The Hall–Kier alpha value is -0.670. The van der Waals surface area contributed by atoms with Crippen molar-refractivity contribution in [3.05, 3.63) is 11.8 Å². The molecule has 0 spiro atoms. The number of allylic oxidation sites excluding steroid dienone is 1. The van der Waals surface area contributed by atoms with Crippen molar-refractivity contribution in [2.24, 2.45) is 4.99 Å². The van der Waals surface area contributed by atoms with Crippen molar-refractivity contribution in [1.82, 2.24) is 9.80 Å². The van der Waals surface area contributed by atoms with E-state index in [0.717, 1.165) is 13.0 Å². The molecule has 1 saturated heterocycles. The number of piperazine rings is 1. The molecule has 0 aromatic carbocycles. The molecular weight excluding hydrogens is 198 g/mol. The number of aliphatic imine (C=N–C) groups is 1. The number of hydrogen-bond donors (Lipinski definition) is 0. The Morgan fingerprint density at radius 3 is 2.25 bits per heavy atom. The van der Waals surface area contributed by atoms with Gasteiger partial charge in [0, 0.05) is 45.4 Å². The molecule has 2 heterocycles. The zero-order valence-electron chi connectivity index (χ0n) is 10.9. The molecule has 2 aliphatic heterocycles. The third kappa shape index (κ3) is 4.06. The molecule has 16 heavy (non-hydrogen) atoms. The lowest BCUT2D eigenvalue weighted by Crippen LogP contribution is -2.46. The van der Waals surface area contributed by atoms with Crippen molar-refractivity contribution in [2.75, 3.05) is 39.3 Å². The van der Waals surface area contributed by atoms with E-state index < -0.39 is 0 Å². The van der Waals surface area contributed by atoms with Crippen molar-refractivity contribution < 1.29 is 0 Å². The van der Waals surface area contributed by atoms with Gasteiger partial charge in [-0.05, 0) is 6.54 Å². The summed E-state index contributed by atoms with van der Waals surface area (Å²) in [4.78, 5) is 9.35. The van der Waals surface area contributed by atoms with E-state index in [1.165, 1.54) is 38.4 Å². The van der Waals surface area contributed by atoms with E-state index in [0.29, 0.717) is 0 Å². The fourth-order valence-corrected chi connectivity index (χ4v) is 2.01. The number of hydrogen-bond acceptors (Lipinski definition) is 3. The summed E-state index contributed by atoms with van der Waals surface area (Å²) in [5.74, 6) is 0. The van der Waals surface area contributed by atoms with E-state index in [-0.39, 0.29) is 0 Å². The highest BCUT2D eigenvalue weighted by molar-refractivity contribution is 5.64. The highest BCUT2D eigenvalue weighted by Gasteiger charge is 2.16. The molecule has 0 aliphatic carbocycles. The normalized spacial score (nSPS) is 21.6. The minimum Gasteiger partial charge on any atom is -0.301 e. The van der Waals surface area contributed by atoms with Crippen molar-refractivity contribution >= 4 is 6.21 Å². The zero-order chi connectivity index (χ0) is 11.8. The first-order chi connectivity index (χ1) is 7.88.